The van der Waals surface area contributed by atoms with Gasteiger partial charge in [0.25, 0.3) is 11.1 Å². The first-order valence-corrected chi connectivity index (χ1v) is 11.0. The molecule has 1 heterocycles. The van der Waals surface area contributed by atoms with Gasteiger partial charge in [0.05, 0.1) is 24.2 Å². The normalized spacial score (nSPS) is 16.3. The number of imide groups is 1. The van der Waals surface area contributed by atoms with Crippen LogP contribution in [0.4, 0.5) is 4.79 Å². The standard InChI is InChI=1S/C23H24ClNO4S/c1-4-15(3)29-19-11-8-17(12-20(19)28-5-2)13-21-22(26)25(23(27)30-21)14-16-6-9-18(24)10-7-16/h6-13,15H,4-5,14H2,1-3H3/b21-13-. The molecule has 1 aliphatic heterocycles. The number of benzene rings is 2. The molecule has 1 atom stereocenters. The van der Waals surface area contributed by atoms with Crippen LogP contribution < -0.4 is 9.47 Å². The van der Waals surface area contributed by atoms with Gasteiger partial charge >= 0.3 is 0 Å². The maximum absolute atomic E-state index is 12.8. The molecule has 30 heavy (non-hydrogen) atoms. The summed E-state index contributed by atoms with van der Waals surface area (Å²) in [5.41, 5.74) is 1.61. The third-order valence-electron chi connectivity index (χ3n) is 4.60. The van der Waals surface area contributed by atoms with Gasteiger partial charge < -0.3 is 9.47 Å². The molecule has 158 valence electrons. The van der Waals surface area contributed by atoms with Crippen LogP contribution >= 0.6 is 23.4 Å². The summed E-state index contributed by atoms with van der Waals surface area (Å²) in [6, 6.07) is 12.6. The molecule has 1 saturated heterocycles. The van der Waals surface area contributed by atoms with Gasteiger partial charge in [-0.25, -0.2) is 0 Å². The van der Waals surface area contributed by atoms with Gasteiger partial charge in [-0.3, -0.25) is 14.5 Å². The van der Waals surface area contributed by atoms with Crippen molar-refractivity contribution in [1.29, 1.82) is 0 Å². The molecule has 0 N–H and O–H groups in total. The Morgan fingerprint density at radius 3 is 2.50 bits per heavy atom. The molecule has 2 aromatic rings. The molecule has 0 bridgehead atoms. The molecule has 0 aliphatic carbocycles. The highest BCUT2D eigenvalue weighted by Gasteiger charge is 2.35. The zero-order chi connectivity index (χ0) is 21.7. The van der Waals surface area contributed by atoms with Crippen LogP contribution in [0.2, 0.25) is 5.02 Å². The Hall–Kier alpha value is -2.44. The number of ether oxygens (including phenoxy) is 2. The highest BCUT2D eigenvalue weighted by molar-refractivity contribution is 8.18. The van der Waals surface area contributed by atoms with Gasteiger partial charge in [0.1, 0.15) is 0 Å². The van der Waals surface area contributed by atoms with E-state index in [-0.39, 0.29) is 23.8 Å². The maximum Gasteiger partial charge on any atom is 0.293 e. The van der Waals surface area contributed by atoms with Crippen LogP contribution in [0.5, 0.6) is 11.5 Å². The maximum atomic E-state index is 12.8. The molecule has 2 amide bonds. The lowest BCUT2D eigenvalue weighted by Crippen LogP contribution is -2.27. The molecule has 1 fully saturated rings. The summed E-state index contributed by atoms with van der Waals surface area (Å²) < 4.78 is 11.6. The molecule has 3 rings (SSSR count). The van der Waals surface area contributed by atoms with Gasteiger partial charge in [0.15, 0.2) is 11.5 Å². The zero-order valence-electron chi connectivity index (χ0n) is 17.2. The van der Waals surface area contributed by atoms with Gasteiger partial charge in [-0.1, -0.05) is 36.7 Å². The third-order valence-corrected chi connectivity index (χ3v) is 5.76. The fraction of sp³-hybridized carbons (Fsp3) is 0.304. The van der Waals surface area contributed by atoms with E-state index in [9.17, 15) is 9.59 Å². The van der Waals surface area contributed by atoms with Crippen LogP contribution in [-0.2, 0) is 11.3 Å². The van der Waals surface area contributed by atoms with E-state index in [0.29, 0.717) is 28.0 Å². The van der Waals surface area contributed by atoms with Crippen molar-refractivity contribution in [3.63, 3.8) is 0 Å². The van der Waals surface area contributed by atoms with E-state index >= 15 is 0 Å². The predicted octanol–water partition coefficient (Wildman–Crippen LogP) is 6.15. The van der Waals surface area contributed by atoms with E-state index in [2.05, 4.69) is 6.92 Å². The molecule has 1 unspecified atom stereocenters. The zero-order valence-corrected chi connectivity index (χ0v) is 18.8. The summed E-state index contributed by atoms with van der Waals surface area (Å²) in [7, 11) is 0. The van der Waals surface area contributed by atoms with Gasteiger partial charge in [-0.05, 0) is 73.5 Å². The number of carbonyl (C=O) groups is 2. The van der Waals surface area contributed by atoms with E-state index in [0.717, 1.165) is 29.3 Å². The summed E-state index contributed by atoms with van der Waals surface area (Å²) in [4.78, 5) is 26.8. The largest absolute Gasteiger partial charge is 0.490 e. The van der Waals surface area contributed by atoms with Crippen molar-refractivity contribution >= 4 is 40.6 Å². The van der Waals surface area contributed by atoms with Crippen LogP contribution in [0, 0.1) is 0 Å². The summed E-state index contributed by atoms with van der Waals surface area (Å²) in [6.07, 6.45) is 2.66. The summed E-state index contributed by atoms with van der Waals surface area (Å²) >= 11 is 6.84. The third kappa shape index (κ3) is 5.37. The molecule has 0 aromatic heterocycles. The van der Waals surface area contributed by atoms with Gasteiger partial charge in [-0.2, -0.15) is 0 Å². The quantitative estimate of drug-likeness (QED) is 0.456. The predicted molar refractivity (Wildman–Crippen MR) is 121 cm³/mol. The molecular weight excluding hydrogens is 422 g/mol. The van der Waals surface area contributed by atoms with Crippen LogP contribution in [0.25, 0.3) is 6.08 Å². The number of halogens is 1. The van der Waals surface area contributed by atoms with E-state index < -0.39 is 0 Å². The highest BCUT2D eigenvalue weighted by atomic mass is 35.5. The molecule has 0 radical (unpaired) electrons. The second kappa shape index (κ2) is 10.0. The Labute approximate surface area is 186 Å². The minimum absolute atomic E-state index is 0.0689. The van der Waals surface area contributed by atoms with Crippen LogP contribution in [0.3, 0.4) is 0 Å². The summed E-state index contributed by atoms with van der Waals surface area (Å²) in [6.45, 7) is 6.67. The number of thioether (sulfide) groups is 1. The Kier molecular flexibility index (Phi) is 7.45. The molecule has 2 aromatic carbocycles. The summed E-state index contributed by atoms with van der Waals surface area (Å²) in [5, 5.41) is 0.321. The minimum Gasteiger partial charge on any atom is -0.490 e. The second-order valence-electron chi connectivity index (χ2n) is 6.87. The lowest BCUT2D eigenvalue weighted by atomic mass is 10.1. The highest BCUT2D eigenvalue weighted by Crippen LogP contribution is 2.35. The van der Waals surface area contributed by atoms with Gasteiger partial charge in [0, 0.05) is 5.02 Å². The van der Waals surface area contributed by atoms with E-state index in [1.54, 1.807) is 30.3 Å². The van der Waals surface area contributed by atoms with Crippen LogP contribution in [0.15, 0.2) is 47.4 Å². The Bertz CT molecular complexity index is 958. The topological polar surface area (TPSA) is 55.8 Å². The van der Waals surface area contributed by atoms with Crippen molar-refractivity contribution in [2.45, 2.75) is 39.8 Å². The smallest absolute Gasteiger partial charge is 0.293 e. The first-order chi connectivity index (χ1) is 14.4. The van der Waals surface area contributed by atoms with Crippen molar-refractivity contribution in [2.24, 2.45) is 0 Å². The fourth-order valence-corrected chi connectivity index (χ4v) is 3.80. The number of hydrogen-bond acceptors (Lipinski definition) is 5. The Morgan fingerprint density at radius 2 is 1.83 bits per heavy atom. The second-order valence-corrected chi connectivity index (χ2v) is 8.30. The van der Waals surface area contributed by atoms with Gasteiger partial charge in [-0.15, -0.1) is 0 Å². The molecule has 5 nitrogen and oxygen atoms in total. The average molecular weight is 446 g/mol. The lowest BCUT2D eigenvalue weighted by molar-refractivity contribution is -0.123. The summed E-state index contributed by atoms with van der Waals surface area (Å²) in [5.74, 6) is 0.976. The van der Waals surface area contributed by atoms with Crippen molar-refractivity contribution < 1.29 is 19.1 Å². The molecule has 7 heteroatoms. The van der Waals surface area contributed by atoms with Crippen molar-refractivity contribution in [2.75, 3.05) is 6.61 Å². The van der Waals surface area contributed by atoms with Crippen molar-refractivity contribution in [1.82, 2.24) is 4.90 Å². The molecule has 1 aliphatic rings. The number of amides is 2. The first kappa shape index (κ1) is 22.2. The van der Waals surface area contributed by atoms with E-state index in [1.165, 1.54) is 4.90 Å². The average Bonchev–Trinajstić information content (AvgIpc) is 2.99. The number of nitrogens with zero attached hydrogens (tertiary/aromatic N) is 1. The fourth-order valence-electron chi connectivity index (χ4n) is 2.84. The number of hydrogen-bond donors (Lipinski definition) is 0. The van der Waals surface area contributed by atoms with Crippen LogP contribution in [0.1, 0.15) is 38.3 Å². The Morgan fingerprint density at radius 1 is 1.10 bits per heavy atom. The lowest BCUT2D eigenvalue weighted by Gasteiger charge is -2.16. The SMILES string of the molecule is CCOc1cc(/C=C2\SC(=O)N(Cc3ccc(Cl)cc3)C2=O)ccc1OC(C)CC. The number of carbonyl (C=O) groups excluding carboxylic acids is 2. The molecule has 0 spiro atoms. The Balaban J connectivity index is 1.80. The molecular formula is C23H24ClNO4S. The number of rotatable bonds is 8. The van der Waals surface area contributed by atoms with Gasteiger partial charge in [0.2, 0.25) is 0 Å². The first-order valence-electron chi connectivity index (χ1n) is 9.84. The van der Waals surface area contributed by atoms with E-state index in [1.807, 2.05) is 32.0 Å². The monoisotopic (exact) mass is 445 g/mol. The van der Waals surface area contributed by atoms with Crippen molar-refractivity contribution in [3.8, 4) is 11.5 Å². The molecule has 0 saturated carbocycles. The minimum atomic E-state index is -0.308. The van der Waals surface area contributed by atoms with Crippen molar-refractivity contribution in [3.05, 3.63) is 63.5 Å². The van der Waals surface area contributed by atoms with Crippen LogP contribution in [-0.4, -0.2) is 28.8 Å². The van der Waals surface area contributed by atoms with E-state index in [4.69, 9.17) is 21.1 Å².